The Hall–Kier alpha value is -1.63. The van der Waals surface area contributed by atoms with Gasteiger partial charge in [0, 0.05) is 45.8 Å². The SMILES string of the molecule is O=C(NCCCN1CCOCC1)NCCN1CCc2ccccc2C1. The van der Waals surface area contributed by atoms with E-state index in [1.807, 2.05) is 0 Å². The summed E-state index contributed by atoms with van der Waals surface area (Å²) in [5.41, 5.74) is 2.88. The molecule has 2 N–H and O–H groups in total. The van der Waals surface area contributed by atoms with Gasteiger partial charge >= 0.3 is 6.03 Å². The van der Waals surface area contributed by atoms with E-state index in [1.165, 1.54) is 11.1 Å². The number of nitrogens with one attached hydrogen (secondary N) is 2. The smallest absolute Gasteiger partial charge is 0.314 e. The maximum Gasteiger partial charge on any atom is 0.314 e. The highest BCUT2D eigenvalue weighted by Crippen LogP contribution is 2.17. The zero-order chi connectivity index (χ0) is 17.3. The second-order valence-electron chi connectivity index (χ2n) is 6.79. The van der Waals surface area contributed by atoms with Crippen LogP contribution in [0.2, 0.25) is 0 Å². The van der Waals surface area contributed by atoms with Crippen LogP contribution in [0.4, 0.5) is 4.79 Å². The van der Waals surface area contributed by atoms with Crippen LogP contribution in [0.3, 0.4) is 0 Å². The molecule has 0 unspecified atom stereocenters. The van der Waals surface area contributed by atoms with Crippen LogP contribution in [0.15, 0.2) is 24.3 Å². The molecule has 3 rings (SSSR count). The molecule has 1 aromatic rings. The van der Waals surface area contributed by atoms with E-state index in [1.54, 1.807) is 0 Å². The van der Waals surface area contributed by atoms with Gasteiger partial charge in [0.2, 0.25) is 0 Å². The first kappa shape index (κ1) is 18.2. The number of fused-ring (bicyclic) bond motifs is 1. The lowest BCUT2D eigenvalue weighted by molar-refractivity contribution is 0.0375. The molecule has 2 amide bonds. The number of hydrogen-bond donors (Lipinski definition) is 2. The summed E-state index contributed by atoms with van der Waals surface area (Å²) in [6.07, 6.45) is 2.08. The summed E-state index contributed by atoms with van der Waals surface area (Å²) in [6, 6.07) is 8.58. The van der Waals surface area contributed by atoms with E-state index >= 15 is 0 Å². The molecule has 0 spiro atoms. The Balaban J connectivity index is 1.23. The third-order valence-electron chi connectivity index (χ3n) is 4.96. The van der Waals surface area contributed by atoms with Crippen molar-refractivity contribution >= 4 is 6.03 Å². The van der Waals surface area contributed by atoms with Crippen LogP contribution >= 0.6 is 0 Å². The summed E-state index contributed by atoms with van der Waals surface area (Å²) in [5, 5.41) is 5.92. The minimum Gasteiger partial charge on any atom is -0.379 e. The number of urea groups is 1. The van der Waals surface area contributed by atoms with Crippen molar-refractivity contribution in [2.45, 2.75) is 19.4 Å². The molecule has 25 heavy (non-hydrogen) atoms. The number of nitrogens with zero attached hydrogens (tertiary/aromatic N) is 2. The Bertz CT molecular complexity index is 546. The zero-order valence-corrected chi connectivity index (χ0v) is 15.0. The molecule has 6 heteroatoms. The van der Waals surface area contributed by atoms with Gasteiger partial charge in [0.05, 0.1) is 13.2 Å². The fraction of sp³-hybridized carbons (Fsp3) is 0.632. The molecule has 1 fully saturated rings. The minimum atomic E-state index is -0.0561. The van der Waals surface area contributed by atoms with Crippen LogP contribution in [0.1, 0.15) is 17.5 Å². The molecule has 138 valence electrons. The first-order valence-corrected chi connectivity index (χ1v) is 9.42. The van der Waals surface area contributed by atoms with E-state index in [2.05, 4.69) is 44.7 Å². The molecule has 0 saturated carbocycles. The fourth-order valence-electron chi connectivity index (χ4n) is 3.46. The van der Waals surface area contributed by atoms with Gasteiger partial charge in [0.15, 0.2) is 0 Å². The van der Waals surface area contributed by atoms with Crippen LogP contribution < -0.4 is 10.6 Å². The lowest BCUT2D eigenvalue weighted by atomic mass is 10.00. The Kier molecular flexibility index (Phi) is 7.09. The molecular weight excluding hydrogens is 316 g/mol. The number of ether oxygens (including phenoxy) is 1. The average Bonchev–Trinajstić information content (AvgIpc) is 2.66. The molecule has 0 bridgehead atoms. The first-order chi connectivity index (χ1) is 12.3. The van der Waals surface area contributed by atoms with Gasteiger partial charge in [0.1, 0.15) is 0 Å². The normalized spacial score (nSPS) is 18.6. The van der Waals surface area contributed by atoms with Crippen LogP contribution in [0.5, 0.6) is 0 Å². The Morgan fingerprint density at radius 2 is 1.72 bits per heavy atom. The third kappa shape index (κ3) is 5.99. The number of carbonyl (C=O) groups excluding carboxylic acids is 1. The molecule has 6 nitrogen and oxygen atoms in total. The largest absolute Gasteiger partial charge is 0.379 e. The monoisotopic (exact) mass is 346 g/mol. The van der Waals surface area contributed by atoms with Crippen LogP contribution in [-0.4, -0.2) is 74.9 Å². The number of rotatable bonds is 7. The molecule has 0 aromatic heterocycles. The van der Waals surface area contributed by atoms with E-state index in [0.29, 0.717) is 6.54 Å². The first-order valence-electron chi connectivity index (χ1n) is 9.42. The van der Waals surface area contributed by atoms with Gasteiger partial charge < -0.3 is 15.4 Å². The van der Waals surface area contributed by atoms with E-state index in [4.69, 9.17) is 4.74 Å². The maximum atomic E-state index is 11.9. The molecule has 1 aromatic carbocycles. The van der Waals surface area contributed by atoms with E-state index in [-0.39, 0.29) is 6.03 Å². The lowest BCUT2D eigenvalue weighted by Gasteiger charge is -2.28. The zero-order valence-electron chi connectivity index (χ0n) is 15.0. The van der Waals surface area contributed by atoms with Crippen molar-refractivity contribution in [1.82, 2.24) is 20.4 Å². The van der Waals surface area contributed by atoms with Gasteiger partial charge in [-0.3, -0.25) is 9.80 Å². The van der Waals surface area contributed by atoms with E-state index < -0.39 is 0 Å². The number of morpholine rings is 1. The lowest BCUT2D eigenvalue weighted by Crippen LogP contribution is -2.42. The van der Waals surface area contributed by atoms with Crippen LogP contribution in [0.25, 0.3) is 0 Å². The van der Waals surface area contributed by atoms with E-state index in [0.717, 1.165) is 71.9 Å². The Morgan fingerprint density at radius 1 is 0.960 bits per heavy atom. The summed E-state index contributed by atoms with van der Waals surface area (Å²) in [5.74, 6) is 0. The van der Waals surface area contributed by atoms with Gasteiger partial charge in [-0.15, -0.1) is 0 Å². The summed E-state index contributed by atoms with van der Waals surface area (Å²) >= 11 is 0. The average molecular weight is 346 g/mol. The minimum absolute atomic E-state index is 0.0561. The van der Waals surface area contributed by atoms with Crippen molar-refractivity contribution in [2.75, 3.05) is 59.0 Å². The predicted octanol–water partition coefficient (Wildman–Crippen LogP) is 1.07. The molecule has 0 radical (unpaired) electrons. The van der Waals surface area contributed by atoms with Crippen molar-refractivity contribution in [2.24, 2.45) is 0 Å². The van der Waals surface area contributed by atoms with Crippen molar-refractivity contribution in [3.05, 3.63) is 35.4 Å². The molecule has 0 aliphatic carbocycles. The fourth-order valence-corrected chi connectivity index (χ4v) is 3.46. The number of carbonyl (C=O) groups is 1. The van der Waals surface area contributed by atoms with Gasteiger partial charge in [-0.05, 0) is 30.5 Å². The molecule has 1 saturated heterocycles. The van der Waals surface area contributed by atoms with Crippen molar-refractivity contribution < 1.29 is 9.53 Å². The van der Waals surface area contributed by atoms with Gasteiger partial charge in [0.25, 0.3) is 0 Å². The maximum absolute atomic E-state index is 11.9. The highest BCUT2D eigenvalue weighted by molar-refractivity contribution is 5.73. The predicted molar refractivity (Wildman–Crippen MR) is 98.7 cm³/mol. The Morgan fingerprint density at radius 3 is 2.56 bits per heavy atom. The highest BCUT2D eigenvalue weighted by Gasteiger charge is 2.15. The topological polar surface area (TPSA) is 56.8 Å². The third-order valence-corrected chi connectivity index (χ3v) is 4.96. The van der Waals surface area contributed by atoms with Crippen molar-refractivity contribution in [3.8, 4) is 0 Å². The summed E-state index contributed by atoms with van der Waals surface area (Å²) in [4.78, 5) is 16.6. The number of amides is 2. The van der Waals surface area contributed by atoms with Crippen LogP contribution in [-0.2, 0) is 17.7 Å². The highest BCUT2D eigenvalue weighted by atomic mass is 16.5. The van der Waals surface area contributed by atoms with E-state index in [9.17, 15) is 4.79 Å². The number of hydrogen-bond acceptors (Lipinski definition) is 4. The van der Waals surface area contributed by atoms with Crippen molar-refractivity contribution in [3.63, 3.8) is 0 Å². The molecule has 0 atom stereocenters. The molecule has 2 aliphatic heterocycles. The summed E-state index contributed by atoms with van der Waals surface area (Å²) in [6.45, 7) is 9.06. The number of benzene rings is 1. The van der Waals surface area contributed by atoms with Crippen molar-refractivity contribution in [1.29, 1.82) is 0 Å². The summed E-state index contributed by atoms with van der Waals surface area (Å²) in [7, 11) is 0. The second kappa shape index (κ2) is 9.75. The second-order valence-corrected chi connectivity index (χ2v) is 6.79. The van der Waals surface area contributed by atoms with Crippen LogP contribution in [0, 0.1) is 0 Å². The molecular formula is C19H30N4O2. The standard InChI is InChI=1S/C19H30N4O2/c24-19(20-7-3-9-22-12-14-25-15-13-22)21-8-11-23-10-6-17-4-1-2-5-18(17)16-23/h1-2,4-5H,3,6-16H2,(H2,20,21,24). The van der Waals surface area contributed by atoms with Gasteiger partial charge in [-0.2, -0.15) is 0 Å². The summed E-state index contributed by atoms with van der Waals surface area (Å²) < 4.78 is 5.33. The van der Waals surface area contributed by atoms with Gasteiger partial charge in [-0.1, -0.05) is 24.3 Å². The van der Waals surface area contributed by atoms with Gasteiger partial charge in [-0.25, -0.2) is 4.79 Å². The molecule has 2 heterocycles. The quantitative estimate of drug-likeness (QED) is 0.725. The molecule has 2 aliphatic rings. The Labute approximate surface area is 150 Å².